The third-order valence-electron chi connectivity index (χ3n) is 1.85. The van der Waals surface area contributed by atoms with Crippen molar-refractivity contribution in [2.75, 3.05) is 0 Å². The molecule has 2 atom stereocenters. The van der Waals surface area contributed by atoms with Gasteiger partial charge in [0.05, 0.1) is 3.79 Å². The van der Waals surface area contributed by atoms with Gasteiger partial charge in [0.1, 0.15) is 4.21 Å². The molecule has 2 unspecified atom stereocenters. The Balaban J connectivity index is 2.73. The van der Waals surface area contributed by atoms with Crippen molar-refractivity contribution < 1.29 is 8.42 Å². The van der Waals surface area contributed by atoms with Crippen LogP contribution in [0.2, 0.25) is 0 Å². The summed E-state index contributed by atoms with van der Waals surface area (Å²) in [7, 11) is -3.40. The number of alkyl halides is 1. The summed E-state index contributed by atoms with van der Waals surface area (Å²) >= 11 is 10.2. The normalized spacial score (nSPS) is 16.0. The minimum atomic E-state index is -3.40. The van der Waals surface area contributed by atoms with Crippen LogP contribution in [0.5, 0.6) is 0 Å². The number of hydrogen-bond donors (Lipinski definition) is 1. The molecular weight excluding hydrogens is 334 g/mol. The Morgan fingerprint density at radius 1 is 1.50 bits per heavy atom. The van der Waals surface area contributed by atoms with E-state index < -0.39 is 10.0 Å². The van der Waals surface area contributed by atoms with Gasteiger partial charge in [0.25, 0.3) is 0 Å². The predicted molar refractivity (Wildman–Crippen MR) is 71.7 cm³/mol. The molecule has 1 N–H and O–H groups in total. The smallest absolute Gasteiger partial charge is 0.208 e. The molecule has 0 fully saturated rings. The van der Waals surface area contributed by atoms with Crippen molar-refractivity contribution in [1.82, 2.24) is 4.72 Å². The minimum Gasteiger partial charge on any atom is -0.208 e. The Labute approximate surface area is 113 Å². The van der Waals surface area contributed by atoms with Crippen LogP contribution in [0.1, 0.15) is 20.3 Å². The summed E-state index contributed by atoms with van der Waals surface area (Å²) in [5.41, 5.74) is 0. The van der Waals surface area contributed by atoms with Crippen LogP contribution in [0, 0.1) is 0 Å². The molecule has 0 saturated heterocycles. The molecule has 0 saturated carbocycles. The van der Waals surface area contributed by atoms with E-state index in [2.05, 4.69) is 20.7 Å². The monoisotopic (exact) mass is 345 g/mol. The van der Waals surface area contributed by atoms with E-state index in [1.165, 1.54) is 11.3 Å². The predicted octanol–water partition coefficient (Wildman–Crippen LogP) is 3.19. The molecule has 92 valence electrons. The van der Waals surface area contributed by atoms with Crippen LogP contribution < -0.4 is 4.72 Å². The fourth-order valence-electron chi connectivity index (χ4n) is 1.30. The highest BCUT2D eigenvalue weighted by Gasteiger charge is 2.19. The summed E-state index contributed by atoms with van der Waals surface area (Å²) in [6.07, 6.45) is 0.604. The lowest BCUT2D eigenvalue weighted by Gasteiger charge is -2.14. The summed E-state index contributed by atoms with van der Waals surface area (Å²) in [5.74, 6) is 0. The molecule has 1 aromatic heterocycles. The largest absolute Gasteiger partial charge is 0.250 e. The molecule has 0 aliphatic heterocycles. The zero-order chi connectivity index (χ0) is 12.3. The maximum atomic E-state index is 11.9. The topological polar surface area (TPSA) is 46.2 Å². The summed E-state index contributed by atoms with van der Waals surface area (Å²) in [6.45, 7) is 3.65. The molecule has 1 heterocycles. The van der Waals surface area contributed by atoms with Gasteiger partial charge in [-0.25, -0.2) is 13.1 Å². The van der Waals surface area contributed by atoms with E-state index in [1.807, 2.05) is 6.92 Å². The van der Waals surface area contributed by atoms with Crippen molar-refractivity contribution in [3.8, 4) is 0 Å². The van der Waals surface area contributed by atoms with E-state index in [0.29, 0.717) is 10.6 Å². The molecular formula is C9H13BrClNO2S2. The molecule has 16 heavy (non-hydrogen) atoms. The van der Waals surface area contributed by atoms with Crippen LogP contribution in [-0.2, 0) is 10.0 Å². The summed E-state index contributed by atoms with van der Waals surface area (Å²) in [5, 5.41) is -0.0484. The van der Waals surface area contributed by atoms with Crippen molar-refractivity contribution in [3.63, 3.8) is 0 Å². The lowest BCUT2D eigenvalue weighted by Crippen LogP contribution is -2.33. The van der Waals surface area contributed by atoms with E-state index in [1.54, 1.807) is 19.1 Å². The first-order valence-corrected chi connectivity index (χ1v) is 8.26. The van der Waals surface area contributed by atoms with Crippen LogP contribution in [-0.4, -0.2) is 19.8 Å². The molecule has 0 aromatic carbocycles. The van der Waals surface area contributed by atoms with Gasteiger partial charge < -0.3 is 0 Å². The van der Waals surface area contributed by atoms with Gasteiger partial charge in [-0.05, 0) is 48.3 Å². The Bertz CT molecular complexity index is 444. The molecule has 0 bridgehead atoms. The fraction of sp³-hybridized carbons (Fsp3) is 0.556. The summed E-state index contributed by atoms with van der Waals surface area (Å²) < 4.78 is 27.5. The molecule has 1 rings (SSSR count). The van der Waals surface area contributed by atoms with E-state index in [4.69, 9.17) is 11.6 Å². The van der Waals surface area contributed by atoms with Gasteiger partial charge >= 0.3 is 0 Å². The van der Waals surface area contributed by atoms with Crippen LogP contribution in [0.15, 0.2) is 20.1 Å². The second-order valence-corrected chi connectivity index (χ2v) is 8.75. The van der Waals surface area contributed by atoms with Crippen molar-refractivity contribution >= 4 is 48.9 Å². The van der Waals surface area contributed by atoms with Gasteiger partial charge in [0, 0.05) is 11.4 Å². The van der Waals surface area contributed by atoms with E-state index in [9.17, 15) is 8.42 Å². The maximum Gasteiger partial charge on any atom is 0.250 e. The number of nitrogens with one attached hydrogen (secondary N) is 1. The Morgan fingerprint density at radius 3 is 2.56 bits per heavy atom. The highest BCUT2D eigenvalue weighted by atomic mass is 79.9. The van der Waals surface area contributed by atoms with Crippen LogP contribution in [0.25, 0.3) is 0 Å². The minimum absolute atomic E-state index is 0.0484. The summed E-state index contributed by atoms with van der Waals surface area (Å²) in [6, 6.07) is 3.13. The zero-order valence-corrected chi connectivity index (χ0v) is 12.9. The molecule has 0 spiro atoms. The molecule has 1 aromatic rings. The number of sulfonamides is 1. The van der Waals surface area contributed by atoms with E-state index in [-0.39, 0.29) is 11.4 Å². The Kier molecular flexibility index (Phi) is 5.25. The number of halogens is 2. The molecule has 7 heteroatoms. The number of thiophene rings is 1. The second-order valence-electron chi connectivity index (χ2n) is 3.60. The van der Waals surface area contributed by atoms with Gasteiger partial charge in [-0.1, -0.05) is 0 Å². The quantitative estimate of drug-likeness (QED) is 0.832. The van der Waals surface area contributed by atoms with E-state index in [0.717, 1.165) is 3.79 Å². The van der Waals surface area contributed by atoms with Gasteiger partial charge in [0.15, 0.2) is 0 Å². The fourth-order valence-corrected chi connectivity index (χ4v) is 4.85. The standard InChI is InChI=1S/C9H13BrClNO2S2/c1-6(11)5-7(2)12-16(13,14)9-4-3-8(10)15-9/h3-4,6-7,12H,5H2,1-2H3. The van der Waals surface area contributed by atoms with E-state index >= 15 is 0 Å². The average molecular weight is 347 g/mol. The highest BCUT2D eigenvalue weighted by Crippen LogP contribution is 2.26. The average Bonchev–Trinajstić information content (AvgIpc) is 2.49. The van der Waals surface area contributed by atoms with Gasteiger partial charge in [0.2, 0.25) is 10.0 Å². The Morgan fingerprint density at radius 2 is 2.12 bits per heavy atom. The third kappa shape index (κ3) is 4.33. The molecule has 0 amide bonds. The molecule has 0 aliphatic rings. The third-order valence-corrected chi connectivity index (χ3v) is 5.73. The van der Waals surface area contributed by atoms with Crippen molar-refractivity contribution in [2.45, 2.75) is 35.9 Å². The first kappa shape index (κ1) is 14.4. The van der Waals surface area contributed by atoms with Gasteiger partial charge in [-0.3, -0.25) is 0 Å². The van der Waals surface area contributed by atoms with Crippen LogP contribution in [0.4, 0.5) is 0 Å². The lowest BCUT2D eigenvalue weighted by molar-refractivity contribution is 0.547. The van der Waals surface area contributed by atoms with Gasteiger partial charge in [-0.2, -0.15) is 0 Å². The molecule has 3 nitrogen and oxygen atoms in total. The first-order valence-electron chi connectivity index (χ1n) is 4.73. The number of hydrogen-bond acceptors (Lipinski definition) is 3. The van der Waals surface area contributed by atoms with Gasteiger partial charge in [-0.15, -0.1) is 22.9 Å². The van der Waals surface area contributed by atoms with Crippen molar-refractivity contribution in [1.29, 1.82) is 0 Å². The van der Waals surface area contributed by atoms with Crippen LogP contribution in [0.3, 0.4) is 0 Å². The maximum absolute atomic E-state index is 11.9. The van der Waals surface area contributed by atoms with Crippen LogP contribution >= 0.6 is 38.9 Å². The summed E-state index contributed by atoms with van der Waals surface area (Å²) in [4.78, 5) is 0. The van der Waals surface area contributed by atoms with Crippen molar-refractivity contribution in [3.05, 3.63) is 15.9 Å². The van der Waals surface area contributed by atoms with Crippen molar-refractivity contribution in [2.24, 2.45) is 0 Å². The lowest BCUT2D eigenvalue weighted by atomic mass is 10.2. The SMILES string of the molecule is CC(Cl)CC(C)NS(=O)(=O)c1ccc(Br)s1. The first-order chi connectivity index (χ1) is 7.31. The highest BCUT2D eigenvalue weighted by molar-refractivity contribution is 9.11. The number of rotatable bonds is 5. The molecule has 0 aliphatic carbocycles. The molecule has 0 radical (unpaired) electrons. The zero-order valence-electron chi connectivity index (χ0n) is 8.91. The second kappa shape index (κ2) is 5.82. The Hall–Kier alpha value is 0.380.